The van der Waals surface area contributed by atoms with Crippen LogP contribution in [0.15, 0.2) is 54.3 Å². The molecule has 0 atom stereocenters. The van der Waals surface area contributed by atoms with Crippen LogP contribution in [0.1, 0.15) is 12.1 Å². The van der Waals surface area contributed by atoms with E-state index in [9.17, 15) is 4.79 Å². The van der Waals surface area contributed by atoms with Gasteiger partial charge in [-0.3, -0.25) is 9.20 Å². The summed E-state index contributed by atoms with van der Waals surface area (Å²) in [5.74, 6) is 1.74. The van der Waals surface area contributed by atoms with Crippen molar-refractivity contribution >= 4 is 28.2 Å². The predicted octanol–water partition coefficient (Wildman–Crippen LogP) is 3.14. The van der Waals surface area contributed by atoms with Crippen LogP contribution in [-0.2, 0) is 11.2 Å². The van der Waals surface area contributed by atoms with Crippen LogP contribution in [0.4, 0.5) is 5.95 Å². The summed E-state index contributed by atoms with van der Waals surface area (Å²) in [6.07, 6.45) is 6.73. The van der Waals surface area contributed by atoms with E-state index in [4.69, 9.17) is 9.72 Å². The number of methoxy groups -OCH3 is 1. The Balaban J connectivity index is 1.20. The summed E-state index contributed by atoms with van der Waals surface area (Å²) in [5, 5.41) is 2.10. The van der Waals surface area contributed by atoms with Gasteiger partial charge in [0.1, 0.15) is 5.75 Å². The van der Waals surface area contributed by atoms with E-state index in [2.05, 4.69) is 24.6 Å². The molecule has 0 radical (unpaired) electrons. The maximum atomic E-state index is 12.8. The minimum absolute atomic E-state index is 0.188. The number of amides is 1. The molecule has 8 nitrogen and oxygen atoms in total. The van der Waals surface area contributed by atoms with E-state index in [-0.39, 0.29) is 5.91 Å². The number of piperazine rings is 1. The maximum absolute atomic E-state index is 12.8. The highest BCUT2D eigenvalue weighted by Gasteiger charge is 2.22. The highest BCUT2D eigenvalue weighted by atomic mass is 32.1. The molecule has 1 amide bonds. The molecule has 0 saturated carbocycles. The van der Waals surface area contributed by atoms with Gasteiger partial charge in [-0.25, -0.2) is 15.0 Å². The van der Waals surface area contributed by atoms with Gasteiger partial charge in [-0.1, -0.05) is 0 Å². The first kappa shape index (κ1) is 20.4. The average Bonchev–Trinajstić information content (AvgIpc) is 3.45. The maximum Gasteiger partial charge on any atom is 0.225 e. The van der Waals surface area contributed by atoms with Crippen molar-refractivity contribution in [1.29, 1.82) is 0 Å². The summed E-state index contributed by atoms with van der Waals surface area (Å²) in [4.78, 5) is 31.2. The van der Waals surface area contributed by atoms with E-state index in [0.717, 1.165) is 46.7 Å². The summed E-state index contributed by atoms with van der Waals surface area (Å²) < 4.78 is 7.33. The fourth-order valence-electron chi connectivity index (χ4n) is 3.91. The van der Waals surface area contributed by atoms with Gasteiger partial charge in [0.05, 0.1) is 12.8 Å². The molecule has 1 fully saturated rings. The zero-order valence-electron chi connectivity index (χ0n) is 17.8. The van der Waals surface area contributed by atoms with Gasteiger partial charge in [0, 0.05) is 67.8 Å². The molecule has 1 aliphatic heterocycles. The van der Waals surface area contributed by atoms with E-state index in [1.54, 1.807) is 30.8 Å². The normalized spacial score (nSPS) is 14.2. The van der Waals surface area contributed by atoms with E-state index in [0.29, 0.717) is 25.9 Å². The third-order valence-corrected chi connectivity index (χ3v) is 6.62. The first-order chi connectivity index (χ1) is 15.7. The Kier molecular flexibility index (Phi) is 5.72. The van der Waals surface area contributed by atoms with Gasteiger partial charge in [0.2, 0.25) is 11.9 Å². The van der Waals surface area contributed by atoms with Crippen LogP contribution in [0.2, 0.25) is 0 Å². The predicted molar refractivity (Wildman–Crippen MR) is 124 cm³/mol. The third-order valence-electron chi connectivity index (χ3n) is 5.73. The number of thiazole rings is 1. The van der Waals surface area contributed by atoms with Crippen molar-refractivity contribution in [1.82, 2.24) is 24.3 Å². The van der Waals surface area contributed by atoms with Crippen molar-refractivity contribution in [3.05, 3.63) is 60.0 Å². The lowest BCUT2D eigenvalue weighted by Crippen LogP contribution is -2.49. The monoisotopic (exact) mass is 448 g/mol. The third kappa shape index (κ3) is 4.16. The van der Waals surface area contributed by atoms with Gasteiger partial charge in [0.15, 0.2) is 4.96 Å². The average molecular weight is 449 g/mol. The molecule has 0 bridgehead atoms. The second-order valence-corrected chi connectivity index (χ2v) is 8.49. The fourth-order valence-corrected chi connectivity index (χ4v) is 4.82. The molecule has 1 aliphatic rings. The number of aromatic nitrogens is 4. The Morgan fingerprint density at radius 2 is 1.84 bits per heavy atom. The largest absolute Gasteiger partial charge is 0.497 e. The molecule has 4 aromatic rings. The van der Waals surface area contributed by atoms with Crippen LogP contribution in [0.25, 0.3) is 16.2 Å². The van der Waals surface area contributed by atoms with E-state index >= 15 is 0 Å². The zero-order chi connectivity index (χ0) is 21.9. The number of nitrogens with zero attached hydrogens (tertiary/aromatic N) is 6. The number of fused-ring (bicyclic) bond motifs is 1. The number of rotatable bonds is 6. The van der Waals surface area contributed by atoms with Gasteiger partial charge in [0.25, 0.3) is 0 Å². The molecule has 5 rings (SSSR count). The van der Waals surface area contributed by atoms with Crippen LogP contribution in [0.5, 0.6) is 5.75 Å². The molecular formula is C23H24N6O2S. The van der Waals surface area contributed by atoms with Crippen molar-refractivity contribution < 1.29 is 9.53 Å². The number of carbonyl (C=O) groups excluding carboxylic acids is 1. The van der Waals surface area contributed by atoms with Gasteiger partial charge in [-0.15, -0.1) is 11.3 Å². The number of carbonyl (C=O) groups is 1. The molecule has 3 aromatic heterocycles. The Hall–Kier alpha value is -3.46. The Bertz CT molecular complexity index is 1200. The van der Waals surface area contributed by atoms with Crippen molar-refractivity contribution in [2.45, 2.75) is 12.8 Å². The van der Waals surface area contributed by atoms with Crippen LogP contribution in [-0.4, -0.2) is 63.4 Å². The molecule has 0 unspecified atom stereocenters. The van der Waals surface area contributed by atoms with Crippen molar-refractivity contribution in [2.75, 3.05) is 38.2 Å². The van der Waals surface area contributed by atoms with Crippen molar-refractivity contribution in [3.8, 4) is 17.0 Å². The second kappa shape index (κ2) is 8.96. The molecule has 0 spiro atoms. The van der Waals surface area contributed by atoms with Gasteiger partial charge < -0.3 is 14.5 Å². The van der Waals surface area contributed by atoms with Crippen LogP contribution in [0.3, 0.4) is 0 Å². The number of hydrogen-bond donors (Lipinski definition) is 0. The lowest BCUT2D eigenvalue weighted by molar-refractivity contribution is -0.131. The number of aryl methyl sites for hydroxylation is 1. The quantitative estimate of drug-likeness (QED) is 0.451. The first-order valence-corrected chi connectivity index (χ1v) is 11.5. The molecule has 164 valence electrons. The Morgan fingerprint density at radius 1 is 1.09 bits per heavy atom. The minimum atomic E-state index is 0.188. The fraction of sp³-hybridized carbons (Fsp3) is 0.304. The molecule has 32 heavy (non-hydrogen) atoms. The van der Waals surface area contributed by atoms with Crippen LogP contribution < -0.4 is 9.64 Å². The summed E-state index contributed by atoms with van der Waals surface area (Å²) in [6.45, 7) is 2.90. The molecule has 4 heterocycles. The van der Waals surface area contributed by atoms with Crippen LogP contribution in [0, 0.1) is 0 Å². The van der Waals surface area contributed by atoms with Crippen molar-refractivity contribution in [2.24, 2.45) is 0 Å². The summed E-state index contributed by atoms with van der Waals surface area (Å²) >= 11 is 1.60. The standard InChI is InChI=1S/C23H24N6O2S/c1-31-19-6-3-17(4-7-19)20-15-29-18(16-32-23(29)26-20)5-8-21(30)27-11-13-28(14-12-27)22-24-9-2-10-25-22/h2-4,6-7,9-10,15-16H,5,8,11-14H2,1H3. The van der Waals surface area contributed by atoms with Gasteiger partial charge in [-0.05, 0) is 36.8 Å². The van der Waals surface area contributed by atoms with Gasteiger partial charge >= 0.3 is 0 Å². The molecule has 0 N–H and O–H groups in total. The zero-order valence-corrected chi connectivity index (χ0v) is 18.7. The number of hydrogen-bond acceptors (Lipinski definition) is 7. The Morgan fingerprint density at radius 3 is 2.56 bits per heavy atom. The van der Waals surface area contributed by atoms with E-state index < -0.39 is 0 Å². The van der Waals surface area contributed by atoms with Crippen LogP contribution >= 0.6 is 11.3 Å². The lowest BCUT2D eigenvalue weighted by atomic mass is 10.1. The first-order valence-electron chi connectivity index (χ1n) is 10.6. The molecule has 1 aromatic carbocycles. The summed E-state index contributed by atoms with van der Waals surface area (Å²) in [5.41, 5.74) is 3.08. The topological polar surface area (TPSA) is 75.9 Å². The lowest BCUT2D eigenvalue weighted by Gasteiger charge is -2.34. The highest BCUT2D eigenvalue weighted by Crippen LogP contribution is 2.26. The Labute approximate surface area is 190 Å². The number of anilines is 1. The smallest absolute Gasteiger partial charge is 0.225 e. The molecule has 0 aliphatic carbocycles. The highest BCUT2D eigenvalue weighted by molar-refractivity contribution is 7.15. The van der Waals surface area contributed by atoms with Gasteiger partial charge in [-0.2, -0.15) is 0 Å². The number of imidazole rings is 1. The van der Waals surface area contributed by atoms with E-state index in [1.165, 1.54) is 0 Å². The SMILES string of the molecule is COc1ccc(-c2cn3c(CCC(=O)N4CCN(c5ncccn5)CC4)csc3n2)cc1. The molecule has 1 saturated heterocycles. The summed E-state index contributed by atoms with van der Waals surface area (Å²) in [7, 11) is 1.66. The number of ether oxygens (including phenoxy) is 1. The minimum Gasteiger partial charge on any atom is -0.497 e. The number of benzene rings is 1. The van der Waals surface area contributed by atoms with Crippen molar-refractivity contribution in [3.63, 3.8) is 0 Å². The molecular weight excluding hydrogens is 424 g/mol. The van der Waals surface area contributed by atoms with E-state index in [1.807, 2.05) is 41.4 Å². The summed E-state index contributed by atoms with van der Waals surface area (Å²) in [6, 6.07) is 9.70. The second-order valence-electron chi connectivity index (χ2n) is 7.65. The molecule has 9 heteroatoms.